The summed E-state index contributed by atoms with van der Waals surface area (Å²) in [5.41, 5.74) is 9.48. The lowest BCUT2D eigenvalue weighted by Crippen LogP contribution is -2.60. The van der Waals surface area contributed by atoms with Crippen LogP contribution < -0.4 is 5.73 Å². The van der Waals surface area contributed by atoms with Crippen molar-refractivity contribution < 1.29 is 29.4 Å². The molecule has 2 aromatic carbocycles. The topological polar surface area (TPSA) is 167 Å². The largest absolute Gasteiger partial charge is 0.375 e. The highest BCUT2D eigenvalue weighted by atomic mass is 35.5. The summed E-state index contributed by atoms with van der Waals surface area (Å²) in [6.07, 6.45) is 9.04. The standard InChI is InChI=1S/C23H25ClN2O3.C22H24ClN3O3.CH2Cl2/c1-2-15-5-7-17(24)14-16(15)6-8-21(27)20-10-13-26(20)22(28)23(29)11-9-19-18(23)4-3-12-25-19;23-16-5-3-15(13-24)14(12-16)4-6-20(27)19-8-11-26(19)21(28)22(29)9-7-18-17(22)2-1-10-25-18;2-1-3/h3-5,7,12,14,20,29H,2,6,8-11,13H2,1H3;1-3,5,10,12,19,29H,4,6-9,11,13,24H2;1H2/t20-,23?;19-,22?;/m00./s1. The molecule has 0 bridgehead atoms. The van der Waals surface area contributed by atoms with Crippen LogP contribution in [0.3, 0.4) is 0 Å². The van der Waals surface area contributed by atoms with Crippen molar-refractivity contribution in [2.24, 2.45) is 5.73 Å². The number of Topliss-reactive ketones (excluding diaryl/α,β-unsaturated/α-hetero) is 2. The molecule has 4 aromatic rings. The zero-order valence-electron chi connectivity index (χ0n) is 34.1. The van der Waals surface area contributed by atoms with Gasteiger partial charge in [-0.25, -0.2) is 0 Å². The van der Waals surface area contributed by atoms with E-state index in [0.29, 0.717) is 105 Å². The molecule has 15 heteroatoms. The number of aromatic nitrogens is 2. The highest BCUT2D eigenvalue weighted by molar-refractivity contribution is 6.40. The van der Waals surface area contributed by atoms with Gasteiger partial charge < -0.3 is 25.7 Å². The van der Waals surface area contributed by atoms with E-state index in [-0.39, 0.29) is 28.7 Å². The molecule has 4 N–H and O–H groups in total. The molecule has 8 rings (SSSR count). The Labute approximate surface area is 376 Å². The monoisotopic (exact) mass is 909 g/mol. The lowest BCUT2D eigenvalue weighted by molar-refractivity contribution is -0.164. The molecule has 4 atom stereocenters. The summed E-state index contributed by atoms with van der Waals surface area (Å²) in [7, 11) is 0. The van der Waals surface area contributed by atoms with Gasteiger partial charge in [0.2, 0.25) is 0 Å². The van der Waals surface area contributed by atoms with Crippen LogP contribution >= 0.6 is 46.4 Å². The number of likely N-dealkylation sites (tertiary alicyclic amines) is 2. The number of ketones is 2. The molecular formula is C46H51Cl4N5O6. The van der Waals surface area contributed by atoms with E-state index in [9.17, 15) is 29.4 Å². The van der Waals surface area contributed by atoms with Crippen molar-refractivity contribution in [2.45, 2.75) is 107 Å². The first-order chi connectivity index (χ1) is 29.3. The molecule has 0 saturated carbocycles. The van der Waals surface area contributed by atoms with Gasteiger partial charge in [-0.15, -0.1) is 23.2 Å². The van der Waals surface area contributed by atoms with Crippen LogP contribution in [0.15, 0.2) is 73.1 Å². The van der Waals surface area contributed by atoms with Crippen molar-refractivity contribution in [3.8, 4) is 0 Å². The number of benzene rings is 2. The van der Waals surface area contributed by atoms with E-state index in [1.54, 1.807) is 47.6 Å². The smallest absolute Gasteiger partial charge is 0.259 e. The van der Waals surface area contributed by atoms with Gasteiger partial charge in [0.1, 0.15) is 0 Å². The third kappa shape index (κ3) is 9.99. The number of rotatable bonds is 12. The Morgan fingerprint density at radius 1 is 0.705 bits per heavy atom. The Hall–Kier alpha value is -3.94. The molecule has 2 fully saturated rings. The maximum atomic E-state index is 13.1. The minimum atomic E-state index is -1.58. The van der Waals surface area contributed by atoms with Gasteiger partial charge in [-0.3, -0.25) is 29.1 Å². The van der Waals surface area contributed by atoms with Crippen LogP contribution in [-0.4, -0.2) is 83.9 Å². The summed E-state index contributed by atoms with van der Waals surface area (Å²) >= 11 is 21.7. The van der Waals surface area contributed by atoms with Crippen molar-refractivity contribution in [2.75, 3.05) is 18.4 Å². The molecule has 2 amide bonds. The van der Waals surface area contributed by atoms with E-state index in [0.717, 1.165) is 34.5 Å². The summed E-state index contributed by atoms with van der Waals surface area (Å²) in [6.45, 7) is 3.45. The number of pyridine rings is 2. The fraction of sp³-hybridized carbons (Fsp3) is 0.435. The van der Waals surface area contributed by atoms with Gasteiger partial charge in [-0.2, -0.15) is 0 Å². The maximum Gasteiger partial charge on any atom is 0.259 e. The predicted octanol–water partition coefficient (Wildman–Crippen LogP) is 6.79. The van der Waals surface area contributed by atoms with E-state index in [2.05, 4.69) is 16.9 Å². The first-order valence-electron chi connectivity index (χ1n) is 20.7. The number of hydrogen-bond acceptors (Lipinski definition) is 9. The summed E-state index contributed by atoms with van der Waals surface area (Å²) in [4.78, 5) is 63.5. The molecule has 2 aliphatic heterocycles. The van der Waals surface area contributed by atoms with Crippen molar-refractivity contribution in [3.63, 3.8) is 0 Å². The zero-order valence-corrected chi connectivity index (χ0v) is 37.1. The first-order valence-corrected chi connectivity index (χ1v) is 22.5. The summed E-state index contributed by atoms with van der Waals surface area (Å²) < 4.78 is 0. The van der Waals surface area contributed by atoms with Crippen molar-refractivity contribution in [1.29, 1.82) is 0 Å². The first kappa shape index (κ1) is 46.6. The number of nitrogens with zero attached hydrogens (tertiary/aromatic N) is 4. The SMILES string of the molecule is CCc1ccc(Cl)cc1CCC(=O)[C@@H]1CCN1C(=O)C1(O)CCc2ncccc21.ClCCl.NCc1ccc(Cl)cc1CCC(=O)[C@@H]1CCN1C(=O)C1(O)CCc2ncccc21. The van der Waals surface area contributed by atoms with Gasteiger partial charge in [0.05, 0.1) is 17.4 Å². The molecule has 2 unspecified atom stereocenters. The quantitative estimate of drug-likeness (QED) is 0.130. The maximum absolute atomic E-state index is 13.1. The van der Waals surface area contributed by atoms with Gasteiger partial charge in [-0.1, -0.05) is 54.4 Å². The number of carbonyl (C=O) groups is 4. The lowest BCUT2D eigenvalue weighted by atomic mass is 9.88. The average molecular weight is 912 g/mol. The summed E-state index contributed by atoms with van der Waals surface area (Å²) in [6, 6.07) is 17.3. The van der Waals surface area contributed by atoms with Gasteiger partial charge in [0.25, 0.3) is 11.8 Å². The molecule has 2 aliphatic carbocycles. The predicted molar refractivity (Wildman–Crippen MR) is 237 cm³/mol. The molecule has 11 nitrogen and oxygen atoms in total. The number of hydrogen-bond donors (Lipinski definition) is 3. The number of amides is 2. The van der Waals surface area contributed by atoms with E-state index in [1.165, 1.54) is 10.5 Å². The molecule has 4 heterocycles. The van der Waals surface area contributed by atoms with Crippen LogP contribution in [0.2, 0.25) is 10.0 Å². The number of nitrogens with two attached hydrogens (primary N) is 1. The van der Waals surface area contributed by atoms with E-state index in [4.69, 9.17) is 52.1 Å². The Kier molecular flexibility index (Phi) is 15.6. The van der Waals surface area contributed by atoms with Crippen molar-refractivity contribution >= 4 is 69.8 Å². The number of halogens is 4. The normalized spacial score (nSPS) is 22.0. The van der Waals surface area contributed by atoms with Crippen molar-refractivity contribution in [3.05, 3.63) is 128 Å². The fourth-order valence-corrected chi connectivity index (χ4v) is 9.18. The van der Waals surface area contributed by atoms with Crippen molar-refractivity contribution in [1.82, 2.24) is 19.8 Å². The van der Waals surface area contributed by atoms with Crippen LogP contribution in [0.5, 0.6) is 0 Å². The second-order valence-electron chi connectivity index (χ2n) is 15.7. The second-order valence-corrected chi connectivity index (χ2v) is 17.4. The molecule has 4 aliphatic rings. The van der Waals surface area contributed by atoms with Crippen LogP contribution in [-0.2, 0) is 69.0 Å². The molecule has 2 aromatic heterocycles. The number of carbonyl (C=O) groups excluding carboxylic acids is 4. The Morgan fingerprint density at radius 3 is 1.52 bits per heavy atom. The number of fused-ring (bicyclic) bond motifs is 2. The molecule has 0 spiro atoms. The van der Waals surface area contributed by atoms with Gasteiger partial charge >= 0.3 is 0 Å². The van der Waals surface area contributed by atoms with Crippen LogP contribution in [0.1, 0.15) is 90.2 Å². The Balaban J connectivity index is 0.000000192. The van der Waals surface area contributed by atoms with E-state index >= 15 is 0 Å². The van der Waals surface area contributed by atoms with Gasteiger partial charge in [-0.05, 0) is 116 Å². The van der Waals surface area contributed by atoms with Gasteiger partial charge in [0.15, 0.2) is 22.8 Å². The van der Waals surface area contributed by atoms with Crippen LogP contribution in [0, 0.1) is 0 Å². The Bertz CT molecular complexity index is 2110. The van der Waals surface area contributed by atoms with E-state index in [1.807, 2.05) is 30.3 Å². The molecule has 324 valence electrons. The van der Waals surface area contributed by atoms with Crippen LogP contribution in [0.4, 0.5) is 0 Å². The summed E-state index contributed by atoms with van der Waals surface area (Å²) in [5.74, 6) is -0.717. The number of aliphatic hydroxyl groups is 2. The third-order valence-electron chi connectivity index (χ3n) is 12.3. The zero-order chi connectivity index (χ0) is 43.9. The van der Waals surface area contributed by atoms with E-state index < -0.39 is 23.3 Å². The molecule has 2 saturated heterocycles. The molecular weight excluding hydrogens is 860 g/mol. The minimum absolute atomic E-state index is 0.000513. The number of alkyl halides is 2. The highest BCUT2D eigenvalue weighted by Gasteiger charge is 2.52. The molecule has 0 radical (unpaired) electrons. The minimum Gasteiger partial charge on any atom is -0.375 e. The van der Waals surface area contributed by atoms with Gasteiger partial charge in [0, 0.05) is 77.4 Å². The third-order valence-corrected chi connectivity index (χ3v) is 12.8. The highest BCUT2D eigenvalue weighted by Crippen LogP contribution is 2.41. The number of aryl methyl sites for hydroxylation is 5. The fourth-order valence-electron chi connectivity index (χ4n) is 8.79. The van der Waals surface area contributed by atoms with Crippen LogP contribution in [0.25, 0.3) is 0 Å². The Morgan fingerprint density at radius 2 is 1.13 bits per heavy atom. The molecule has 61 heavy (non-hydrogen) atoms. The second kappa shape index (κ2) is 20.5. The lowest BCUT2D eigenvalue weighted by Gasteiger charge is -2.43. The average Bonchev–Trinajstić information content (AvgIpc) is 3.77. The summed E-state index contributed by atoms with van der Waals surface area (Å²) in [5, 5.41) is 23.7.